The fourth-order valence-corrected chi connectivity index (χ4v) is 4.86. The van der Waals surface area contributed by atoms with Gasteiger partial charge in [0.1, 0.15) is 0 Å². The van der Waals surface area contributed by atoms with Crippen LogP contribution in [0.25, 0.3) is 0 Å². The van der Waals surface area contributed by atoms with Crippen LogP contribution in [0, 0.1) is 0 Å². The van der Waals surface area contributed by atoms with Crippen LogP contribution in [0.15, 0.2) is 17.7 Å². The summed E-state index contributed by atoms with van der Waals surface area (Å²) in [5.41, 5.74) is 5.83. The smallest absolute Gasteiger partial charge is 0.239 e. The standard InChI is InChI=1S/C10H11Br4N3OS/c1-4(8-6(12)7(13)9(14)19-8)16-10(15)17(2)5(18)3-11/h4H,3H2,1-2H3,(H2,15,16)/t4-/m1/s1. The third kappa shape index (κ3) is 4.26. The van der Waals surface area contributed by atoms with Crippen molar-refractivity contribution in [3.63, 3.8) is 0 Å². The molecule has 19 heavy (non-hydrogen) atoms. The maximum atomic E-state index is 11.5. The molecule has 1 rings (SSSR count). The number of hydrogen-bond acceptors (Lipinski definition) is 3. The molecule has 1 amide bonds. The molecule has 4 nitrogen and oxygen atoms in total. The quantitative estimate of drug-likeness (QED) is 0.354. The molecule has 0 unspecified atom stereocenters. The summed E-state index contributed by atoms with van der Waals surface area (Å²) in [4.78, 5) is 18.2. The van der Waals surface area contributed by atoms with Gasteiger partial charge < -0.3 is 5.73 Å². The summed E-state index contributed by atoms with van der Waals surface area (Å²) < 4.78 is 2.89. The zero-order chi connectivity index (χ0) is 14.7. The molecule has 9 heteroatoms. The van der Waals surface area contributed by atoms with E-state index in [0.717, 1.165) is 17.6 Å². The van der Waals surface area contributed by atoms with Gasteiger partial charge in [0.05, 0.1) is 19.6 Å². The van der Waals surface area contributed by atoms with Crippen LogP contribution in [-0.2, 0) is 4.79 Å². The number of nitrogens with two attached hydrogens (primary N) is 1. The van der Waals surface area contributed by atoms with E-state index >= 15 is 0 Å². The number of alkyl halides is 1. The third-order valence-corrected chi connectivity index (χ3v) is 8.03. The first kappa shape index (κ1) is 17.6. The Balaban J connectivity index is 2.97. The first-order valence-corrected chi connectivity index (χ1v) is 9.40. The van der Waals surface area contributed by atoms with E-state index in [1.807, 2.05) is 6.92 Å². The number of halogens is 4. The topological polar surface area (TPSA) is 58.7 Å². The van der Waals surface area contributed by atoms with Crippen LogP contribution in [0.5, 0.6) is 0 Å². The van der Waals surface area contributed by atoms with Crippen molar-refractivity contribution in [2.24, 2.45) is 10.7 Å². The SMILES string of the molecule is C[C@@H](N=C(N)N(C)C(=O)CBr)c1sc(Br)c(Br)c1Br. The second-order valence-corrected chi connectivity index (χ2v) is 8.13. The molecule has 0 aliphatic carbocycles. The van der Waals surface area contributed by atoms with Gasteiger partial charge in [0, 0.05) is 16.4 Å². The van der Waals surface area contributed by atoms with Gasteiger partial charge in [-0.25, -0.2) is 4.99 Å². The van der Waals surface area contributed by atoms with E-state index in [4.69, 9.17) is 5.73 Å². The number of amides is 1. The number of carbonyl (C=O) groups is 1. The molecule has 0 aromatic carbocycles. The number of thiophene rings is 1. The van der Waals surface area contributed by atoms with Crippen molar-refractivity contribution in [1.29, 1.82) is 0 Å². The van der Waals surface area contributed by atoms with Crippen molar-refractivity contribution in [1.82, 2.24) is 4.90 Å². The molecule has 0 radical (unpaired) electrons. The Bertz CT molecular complexity index is 517. The summed E-state index contributed by atoms with van der Waals surface area (Å²) in [6.45, 7) is 1.93. The Morgan fingerprint density at radius 2 is 2.00 bits per heavy atom. The molecule has 1 atom stereocenters. The average Bonchev–Trinajstić information content (AvgIpc) is 2.64. The van der Waals surface area contributed by atoms with E-state index in [0.29, 0.717) is 0 Å². The van der Waals surface area contributed by atoms with Crippen molar-refractivity contribution in [3.05, 3.63) is 17.6 Å². The van der Waals surface area contributed by atoms with Gasteiger partial charge in [-0.3, -0.25) is 9.69 Å². The van der Waals surface area contributed by atoms with E-state index in [-0.39, 0.29) is 23.2 Å². The molecule has 0 saturated heterocycles. The van der Waals surface area contributed by atoms with Crippen molar-refractivity contribution < 1.29 is 4.79 Å². The number of guanidine groups is 1. The van der Waals surface area contributed by atoms with E-state index < -0.39 is 0 Å². The maximum Gasteiger partial charge on any atom is 0.239 e. The summed E-state index contributed by atoms with van der Waals surface area (Å²) >= 11 is 15.1. The van der Waals surface area contributed by atoms with Gasteiger partial charge in [-0.2, -0.15) is 0 Å². The van der Waals surface area contributed by atoms with Crippen LogP contribution in [0.2, 0.25) is 0 Å². The zero-order valence-electron chi connectivity index (χ0n) is 10.1. The zero-order valence-corrected chi connectivity index (χ0v) is 17.2. The second kappa shape index (κ2) is 7.53. The van der Waals surface area contributed by atoms with Gasteiger partial charge in [-0.05, 0) is 54.7 Å². The molecular weight excluding hydrogens is 530 g/mol. The van der Waals surface area contributed by atoms with Gasteiger partial charge in [0.15, 0.2) is 5.96 Å². The lowest BCUT2D eigenvalue weighted by Crippen LogP contribution is -2.39. The van der Waals surface area contributed by atoms with Crippen LogP contribution in [0.3, 0.4) is 0 Å². The molecular formula is C10H11Br4N3OS. The van der Waals surface area contributed by atoms with Gasteiger partial charge in [0.25, 0.3) is 0 Å². The predicted molar refractivity (Wildman–Crippen MR) is 94.0 cm³/mol. The number of aliphatic imine (C=N–C) groups is 1. The van der Waals surface area contributed by atoms with Crippen LogP contribution in [0.4, 0.5) is 0 Å². The lowest BCUT2D eigenvalue weighted by atomic mass is 10.3. The van der Waals surface area contributed by atoms with Gasteiger partial charge in [0.2, 0.25) is 5.91 Å². The van der Waals surface area contributed by atoms with Crippen molar-refractivity contribution >= 4 is 86.9 Å². The molecule has 0 spiro atoms. The number of hydrogen-bond donors (Lipinski definition) is 1. The van der Waals surface area contributed by atoms with Gasteiger partial charge in [-0.1, -0.05) is 15.9 Å². The highest BCUT2D eigenvalue weighted by Crippen LogP contribution is 2.44. The predicted octanol–water partition coefficient (Wildman–Crippen LogP) is 4.26. The van der Waals surface area contributed by atoms with E-state index in [1.165, 1.54) is 4.90 Å². The Morgan fingerprint density at radius 3 is 2.42 bits per heavy atom. The van der Waals surface area contributed by atoms with Gasteiger partial charge in [-0.15, -0.1) is 11.3 Å². The maximum absolute atomic E-state index is 11.5. The normalized spacial score (nSPS) is 13.5. The minimum absolute atomic E-state index is 0.138. The average molecular weight is 541 g/mol. The summed E-state index contributed by atoms with van der Waals surface area (Å²) in [6, 6.07) is -0.146. The Morgan fingerprint density at radius 1 is 1.42 bits per heavy atom. The van der Waals surface area contributed by atoms with Crippen molar-refractivity contribution in [2.45, 2.75) is 13.0 Å². The molecule has 106 valence electrons. The highest BCUT2D eigenvalue weighted by Gasteiger charge is 2.19. The molecule has 1 heterocycles. The number of nitrogens with zero attached hydrogens (tertiary/aromatic N) is 2. The lowest BCUT2D eigenvalue weighted by molar-refractivity contribution is -0.123. The molecule has 0 aliphatic rings. The Labute approximate surface area is 149 Å². The van der Waals surface area contributed by atoms with Crippen LogP contribution < -0.4 is 5.73 Å². The summed E-state index contributed by atoms with van der Waals surface area (Å²) in [7, 11) is 1.60. The van der Waals surface area contributed by atoms with E-state index in [2.05, 4.69) is 68.7 Å². The van der Waals surface area contributed by atoms with Crippen LogP contribution in [0.1, 0.15) is 17.8 Å². The Hall–Kier alpha value is 0.560. The highest BCUT2D eigenvalue weighted by molar-refractivity contribution is 9.14. The summed E-state index contributed by atoms with van der Waals surface area (Å²) in [5, 5.41) is 0.216. The van der Waals surface area contributed by atoms with E-state index in [9.17, 15) is 4.79 Å². The fraction of sp³-hybridized carbons (Fsp3) is 0.400. The molecule has 1 aromatic heterocycles. The second-order valence-electron chi connectivity index (χ2n) is 3.62. The summed E-state index contributed by atoms with van der Waals surface area (Å²) in [5.74, 6) is 0.0607. The molecule has 2 N–H and O–H groups in total. The fourth-order valence-electron chi connectivity index (χ4n) is 1.21. The third-order valence-electron chi connectivity index (χ3n) is 2.32. The monoisotopic (exact) mass is 537 g/mol. The van der Waals surface area contributed by atoms with E-state index in [1.54, 1.807) is 18.4 Å². The first-order valence-electron chi connectivity index (χ1n) is 5.08. The minimum Gasteiger partial charge on any atom is -0.369 e. The number of rotatable bonds is 3. The van der Waals surface area contributed by atoms with Crippen molar-refractivity contribution in [3.8, 4) is 0 Å². The highest BCUT2D eigenvalue weighted by atomic mass is 79.9. The molecule has 0 bridgehead atoms. The summed E-state index contributed by atoms with van der Waals surface area (Å²) in [6.07, 6.45) is 0. The number of carbonyl (C=O) groups excluding carboxylic acids is 1. The molecule has 0 fully saturated rings. The van der Waals surface area contributed by atoms with Gasteiger partial charge >= 0.3 is 0 Å². The van der Waals surface area contributed by atoms with Crippen molar-refractivity contribution in [2.75, 3.05) is 12.4 Å². The Kier molecular flexibility index (Phi) is 6.98. The largest absolute Gasteiger partial charge is 0.369 e. The molecule has 1 aromatic rings. The molecule has 0 saturated carbocycles. The van der Waals surface area contributed by atoms with Crippen LogP contribution >= 0.6 is 75.1 Å². The minimum atomic E-state index is -0.146. The lowest BCUT2D eigenvalue weighted by Gasteiger charge is -2.16. The van der Waals surface area contributed by atoms with Crippen LogP contribution in [-0.4, -0.2) is 29.1 Å². The molecule has 0 aliphatic heterocycles. The first-order chi connectivity index (χ1) is 8.79.